The Morgan fingerprint density at radius 2 is 2.21 bits per heavy atom. The minimum atomic E-state index is -3.88. The summed E-state index contributed by atoms with van der Waals surface area (Å²) in [6.45, 7) is 0.0948. The number of ether oxygens (including phenoxy) is 1. The lowest BCUT2D eigenvalue weighted by molar-refractivity contribution is 0.283. The molecule has 0 fully saturated rings. The van der Waals surface area contributed by atoms with Crippen LogP contribution in [0.3, 0.4) is 0 Å². The van der Waals surface area contributed by atoms with Gasteiger partial charge in [0, 0.05) is 22.2 Å². The summed E-state index contributed by atoms with van der Waals surface area (Å²) < 4.78 is 30.6. The Labute approximate surface area is 122 Å². The van der Waals surface area contributed by atoms with Gasteiger partial charge in [0.2, 0.25) is 0 Å². The first-order chi connectivity index (χ1) is 8.88. The van der Waals surface area contributed by atoms with E-state index in [0.717, 1.165) is 0 Å². The van der Waals surface area contributed by atoms with E-state index in [0.29, 0.717) is 10.3 Å². The van der Waals surface area contributed by atoms with Gasteiger partial charge in [-0.15, -0.1) is 10.2 Å². The molecular formula is C10H9BrClN3O3S. The smallest absolute Gasteiger partial charge is 0.265 e. The number of nitrogens with zero attached hydrogens (tertiary/aromatic N) is 3. The third-order valence-corrected chi connectivity index (χ3v) is 4.17. The highest BCUT2D eigenvalue weighted by molar-refractivity contribution is 9.10. The van der Waals surface area contributed by atoms with E-state index in [9.17, 15) is 8.42 Å². The third kappa shape index (κ3) is 3.46. The van der Waals surface area contributed by atoms with Crippen LogP contribution in [0, 0.1) is 0 Å². The van der Waals surface area contributed by atoms with Gasteiger partial charge >= 0.3 is 0 Å². The Morgan fingerprint density at radius 3 is 2.79 bits per heavy atom. The molecule has 102 valence electrons. The molecule has 0 aliphatic carbocycles. The van der Waals surface area contributed by atoms with Crippen LogP contribution in [0.15, 0.2) is 33.9 Å². The average molecular weight is 367 g/mol. The second kappa shape index (κ2) is 5.48. The van der Waals surface area contributed by atoms with Crippen molar-refractivity contribution in [1.82, 2.24) is 14.8 Å². The van der Waals surface area contributed by atoms with Crippen LogP contribution >= 0.6 is 26.6 Å². The molecule has 0 N–H and O–H groups in total. The lowest BCUT2D eigenvalue weighted by Crippen LogP contribution is -2.05. The molecule has 0 unspecified atom stereocenters. The molecule has 1 aromatic heterocycles. The van der Waals surface area contributed by atoms with Gasteiger partial charge in [-0.25, -0.2) is 8.42 Å². The normalized spacial score (nSPS) is 11.5. The summed E-state index contributed by atoms with van der Waals surface area (Å²) in [6, 6.07) is 4.57. The second-order valence-corrected chi connectivity index (χ2v) is 7.13. The van der Waals surface area contributed by atoms with E-state index in [2.05, 4.69) is 26.1 Å². The summed E-state index contributed by atoms with van der Waals surface area (Å²) in [5.74, 6) is 0.738. The van der Waals surface area contributed by atoms with E-state index in [1.807, 2.05) is 0 Å². The maximum Gasteiger partial charge on any atom is 0.265 e. The zero-order valence-corrected chi connectivity index (χ0v) is 12.9. The van der Waals surface area contributed by atoms with Gasteiger partial charge in [-0.1, -0.05) is 15.9 Å². The molecular weight excluding hydrogens is 358 g/mol. The molecule has 19 heavy (non-hydrogen) atoms. The van der Waals surface area contributed by atoms with Crippen molar-refractivity contribution in [3.63, 3.8) is 0 Å². The van der Waals surface area contributed by atoms with Crippen LogP contribution in [-0.2, 0) is 22.7 Å². The highest BCUT2D eigenvalue weighted by Gasteiger charge is 2.18. The van der Waals surface area contributed by atoms with Gasteiger partial charge in [-0.2, -0.15) is 0 Å². The van der Waals surface area contributed by atoms with Crippen LogP contribution in [0.2, 0.25) is 0 Å². The fourth-order valence-corrected chi connectivity index (χ4v) is 2.88. The number of benzene rings is 1. The molecule has 0 bridgehead atoms. The van der Waals surface area contributed by atoms with Gasteiger partial charge in [0.05, 0.1) is 0 Å². The van der Waals surface area contributed by atoms with Crippen molar-refractivity contribution in [3.8, 4) is 5.75 Å². The maximum absolute atomic E-state index is 11.5. The van der Waals surface area contributed by atoms with Crippen LogP contribution in [-0.4, -0.2) is 23.2 Å². The van der Waals surface area contributed by atoms with Crippen molar-refractivity contribution in [2.75, 3.05) is 0 Å². The summed E-state index contributed by atoms with van der Waals surface area (Å²) in [5.41, 5.74) is 0. The molecule has 0 amide bonds. The second-order valence-electron chi connectivity index (χ2n) is 3.68. The van der Waals surface area contributed by atoms with Crippen LogP contribution in [0.4, 0.5) is 0 Å². The number of aromatic nitrogens is 3. The van der Waals surface area contributed by atoms with Crippen molar-refractivity contribution in [3.05, 3.63) is 34.8 Å². The third-order valence-electron chi connectivity index (χ3n) is 2.33. The summed E-state index contributed by atoms with van der Waals surface area (Å²) in [6.07, 6.45) is 1.53. The van der Waals surface area contributed by atoms with Crippen LogP contribution < -0.4 is 4.74 Å². The van der Waals surface area contributed by atoms with E-state index in [1.165, 1.54) is 18.5 Å². The van der Waals surface area contributed by atoms with E-state index >= 15 is 0 Å². The molecule has 2 rings (SSSR count). The van der Waals surface area contributed by atoms with Crippen molar-refractivity contribution in [2.24, 2.45) is 7.05 Å². The van der Waals surface area contributed by atoms with Gasteiger partial charge in [-0.3, -0.25) is 0 Å². The quantitative estimate of drug-likeness (QED) is 0.775. The molecule has 0 spiro atoms. The van der Waals surface area contributed by atoms with Crippen LogP contribution in [0.25, 0.3) is 0 Å². The Morgan fingerprint density at radius 1 is 1.47 bits per heavy atom. The van der Waals surface area contributed by atoms with Gasteiger partial charge in [0.15, 0.2) is 5.82 Å². The molecule has 1 aromatic carbocycles. The molecule has 2 aromatic rings. The first-order valence-electron chi connectivity index (χ1n) is 5.08. The standard InChI is InChI=1S/C10H9BrClN3O3S/c1-15-6-13-14-10(15)5-18-8-3-2-7(11)4-9(8)19(12,16)17/h2-4,6H,5H2,1H3. The van der Waals surface area contributed by atoms with Crippen molar-refractivity contribution in [1.29, 1.82) is 0 Å². The molecule has 9 heteroatoms. The fourth-order valence-electron chi connectivity index (χ4n) is 1.37. The average Bonchev–Trinajstić information content (AvgIpc) is 2.72. The molecule has 6 nitrogen and oxygen atoms in total. The molecule has 0 radical (unpaired) electrons. The highest BCUT2D eigenvalue weighted by atomic mass is 79.9. The van der Waals surface area contributed by atoms with Crippen molar-refractivity contribution in [2.45, 2.75) is 11.5 Å². The van der Waals surface area contributed by atoms with Gasteiger partial charge < -0.3 is 9.30 Å². The minimum Gasteiger partial charge on any atom is -0.484 e. The Bertz CT molecular complexity index is 702. The highest BCUT2D eigenvalue weighted by Crippen LogP contribution is 2.30. The largest absolute Gasteiger partial charge is 0.484 e. The molecule has 0 saturated heterocycles. The van der Waals surface area contributed by atoms with Crippen molar-refractivity contribution >= 4 is 35.7 Å². The number of aryl methyl sites for hydroxylation is 1. The van der Waals surface area contributed by atoms with Crippen molar-refractivity contribution < 1.29 is 13.2 Å². The Hall–Kier alpha value is -1.12. The summed E-state index contributed by atoms with van der Waals surface area (Å²) in [5, 5.41) is 7.54. The lowest BCUT2D eigenvalue weighted by Gasteiger charge is -2.09. The first-order valence-corrected chi connectivity index (χ1v) is 8.18. The Kier molecular flexibility index (Phi) is 4.12. The van der Waals surface area contributed by atoms with Gasteiger partial charge in [0.25, 0.3) is 9.05 Å². The van der Waals surface area contributed by atoms with E-state index in [4.69, 9.17) is 15.4 Å². The SMILES string of the molecule is Cn1cnnc1COc1ccc(Br)cc1S(=O)(=O)Cl. The topological polar surface area (TPSA) is 74.1 Å². The molecule has 0 aliphatic heterocycles. The first kappa shape index (κ1) is 14.3. The number of hydrogen-bond acceptors (Lipinski definition) is 5. The van der Waals surface area contributed by atoms with Crippen LogP contribution in [0.1, 0.15) is 5.82 Å². The predicted octanol–water partition coefficient (Wildman–Crippen LogP) is 2.08. The minimum absolute atomic E-state index is 0.0919. The van der Waals surface area contributed by atoms with E-state index < -0.39 is 9.05 Å². The summed E-state index contributed by atoms with van der Waals surface area (Å²) >= 11 is 3.19. The van der Waals surface area contributed by atoms with E-state index in [1.54, 1.807) is 17.7 Å². The summed E-state index contributed by atoms with van der Waals surface area (Å²) in [7, 11) is 3.25. The molecule has 0 saturated carbocycles. The Balaban J connectivity index is 2.28. The van der Waals surface area contributed by atoms with Gasteiger partial charge in [-0.05, 0) is 18.2 Å². The fraction of sp³-hybridized carbons (Fsp3) is 0.200. The number of rotatable bonds is 4. The number of halogens is 2. The molecule has 0 atom stereocenters. The van der Waals surface area contributed by atoms with E-state index in [-0.39, 0.29) is 17.3 Å². The molecule has 1 heterocycles. The monoisotopic (exact) mass is 365 g/mol. The zero-order valence-electron chi connectivity index (χ0n) is 9.75. The zero-order chi connectivity index (χ0) is 14.0. The summed E-state index contributed by atoms with van der Waals surface area (Å²) in [4.78, 5) is -0.0919. The van der Waals surface area contributed by atoms with Crippen LogP contribution in [0.5, 0.6) is 5.75 Å². The lowest BCUT2D eigenvalue weighted by atomic mass is 10.3. The maximum atomic E-state index is 11.5. The predicted molar refractivity (Wildman–Crippen MR) is 72.5 cm³/mol. The molecule has 0 aliphatic rings. The number of hydrogen-bond donors (Lipinski definition) is 0. The van der Waals surface area contributed by atoms with Gasteiger partial charge in [0.1, 0.15) is 23.6 Å².